The van der Waals surface area contributed by atoms with Crippen LogP contribution in [0.3, 0.4) is 0 Å². The van der Waals surface area contributed by atoms with Crippen molar-refractivity contribution in [3.05, 3.63) is 42.2 Å². The summed E-state index contributed by atoms with van der Waals surface area (Å²) < 4.78 is 6.95. The number of phenolic OH excluding ortho intramolecular Hbond substituents is 1. The van der Waals surface area contributed by atoms with Crippen molar-refractivity contribution in [3.8, 4) is 11.5 Å². The third kappa shape index (κ3) is 7.20. The quantitative estimate of drug-likeness (QED) is 0.244. The lowest BCUT2D eigenvalue weighted by molar-refractivity contribution is 0.373. The lowest BCUT2D eigenvalue weighted by Crippen LogP contribution is -2.38. The summed E-state index contributed by atoms with van der Waals surface area (Å²) in [7, 11) is 1.53. The van der Waals surface area contributed by atoms with Gasteiger partial charge in [0.1, 0.15) is 0 Å². The molecule has 138 valence electrons. The maximum atomic E-state index is 9.81. The van der Waals surface area contributed by atoms with Gasteiger partial charge in [-0.3, -0.25) is 4.68 Å². The van der Waals surface area contributed by atoms with Crippen LogP contribution < -0.4 is 15.4 Å². The molecule has 25 heavy (non-hydrogen) atoms. The molecule has 7 nitrogen and oxygen atoms in total. The number of hydrogen-bond acceptors (Lipinski definition) is 4. The lowest BCUT2D eigenvalue weighted by Gasteiger charge is -2.11. The summed E-state index contributed by atoms with van der Waals surface area (Å²) in [5.74, 6) is 1.35. The van der Waals surface area contributed by atoms with Crippen LogP contribution in [-0.4, -0.2) is 41.0 Å². The Bertz CT molecular complexity index is 646. The summed E-state index contributed by atoms with van der Waals surface area (Å²) in [4.78, 5) is 4.53. The molecule has 0 fully saturated rings. The maximum absolute atomic E-state index is 9.81. The highest BCUT2D eigenvalue weighted by molar-refractivity contribution is 14.0. The topological polar surface area (TPSA) is 83.7 Å². The zero-order valence-corrected chi connectivity index (χ0v) is 16.9. The lowest BCUT2D eigenvalue weighted by atomic mass is 10.2. The van der Waals surface area contributed by atoms with E-state index in [1.54, 1.807) is 18.3 Å². The van der Waals surface area contributed by atoms with Crippen LogP contribution in [0.2, 0.25) is 0 Å². The van der Waals surface area contributed by atoms with Gasteiger partial charge in [0.2, 0.25) is 0 Å². The molecular weight excluding hydrogens is 433 g/mol. The SMILES string of the molecule is CCNC(=NCc1ccc(OC)c(O)c1)NCCCn1cccn1.I. The Hall–Kier alpha value is -1.97. The van der Waals surface area contributed by atoms with Gasteiger partial charge in [0.25, 0.3) is 0 Å². The fourth-order valence-corrected chi connectivity index (χ4v) is 2.23. The Labute approximate surface area is 165 Å². The highest BCUT2D eigenvalue weighted by Crippen LogP contribution is 2.26. The zero-order valence-electron chi connectivity index (χ0n) is 14.6. The van der Waals surface area contributed by atoms with Gasteiger partial charge < -0.3 is 20.5 Å². The number of ether oxygens (including phenoxy) is 1. The largest absolute Gasteiger partial charge is 0.504 e. The molecule has 8 heteroatoms. The average molecular weight is 459 g/mol. The van der Waals surface area contributed by atoms with Gasteiger partial charge in [-0.2, -0.15) is 5.10 Å². The second-order valence-electron chi connectivity index (χ2n) is 5.25. The first-order valence-electron chi connectivity index (χ1n) is 8.08. The number of aromatic nitrogens is 2. The number of aryl methyl sites for hydroxylation is 1. The van der Waals surface area contributed by atoms with Crippen molar-refractivity contribution in [2.75, 3.05) is 20.2 Å². The Kier molecular flexibility index (Phi) is 9.75. The number of aliphatic imine (C=N–C) groups is 1. The van der Waals surface area contributed by atoms with Gasteiger partial charge in [0.15, 0.2) is 17.5 Å². The molecule has 0 atom stereocenters. The van der Waals surface area contributed by atoms with Gasteiger partial charge >= 0.3 is 0 Å². The van der Waals surface area contributed by atoms with Gasteiger partial charge in [-0.15, -0.1) is 24.0 Å². The number of benzene rings is 1. The Balaban J connectivity index is 0.00000312. The number of hydrogen-bond donors (Lipinski definition) is 3. The molecule has 0 radical (unpaired) electrons. The number of nitrogens with one attached hydrogen (secondary N) is 2. The summed E-state index contributed by atoms with van der Waals surface area (Å²) in [6.07, 6.45) is 4.69. The molecule has 3 N–H and O–H groups in total. The molecule has 1 heterocycles. The molecule has 0 unspecified atom stereocenters. The number of nitrogens with zero attached hydrogens (tertiary/aromatic N) is 3. The Morgan fingerprint density at radius 1 is 1.36 bits per heavy atom. The van der Waals surface area contributed by atoms with Gasteiger partial charge in [0, 0.05) is 32.0 Å². The predicted octanol–water partition coefficient (Wildman–Crippen LogP) is 2.36. The molecule has 2 rings (SSSR count). The maximum Gasteiger partial charge on any atom is 0.191 e. The number of aromatic hydroxyl groups is 1. The van der Waals surface area contributed by atoms with Gasteiger partial charge in [-0.1, -0.05) is 6.07 Å². The number of guanidine groups is 1. The number of rotatable bonds is 8. The minimum Gasteiger partial charge on any atom is -0.504 e. The molecule has 0 bridgehead atoms. The molecule has 0 aliphatic carbocycles. The Morgan fingerprint density at radius 3 is 2.84 bits per heavy atom. The van der Waals surface area contributed by atoms with Crippen LogP contribution in [0.15, 0.2) is 41.7 Å². The summed E-state index contributed by atoms with van der Waals surface area (Å²) in [6.45, 7) is 4.97. The third-order valence-corrected chi connectivity index (χ3v) is 3.42. The highest BCUT2D eigenvalue weighted by atomic mass is 127. The third-order valence-electron chi connectivity index (χ3n) is 3.42. The molecule has 0 amide bonds. The second kappa shape index (κ2) is 11.6. The number of phenols is 1. The van der Waals surface area contributed by atoms with Crippen LogP contribution >= 0.6 is 24.0 Å². The summed E-state index contributed by atoms with van der Waals surface area (Å²) in [5.41, 5.74) is 0.919. The molecule has 0 saturated heterocycles. The van der Waals surface area contributed by atoms with Crippen LogP contribution in [0.1, 0.15) is 18.9 Å². The van der Waals surface area contributed by atoms with E-state index in [2.05, 4.69) is 20.7 Å². The van der Waals surface area contributed by atoms with Gasteiger partial charge in [-0.25, -0.2) is 4.99 Å². The number of methoxy groups -OCH3 is 1. The van der Waals surface area contributed by atoms with Crippen molar-refractivity contribution in [2.24, 2.45) is 4.99 Å². The number of halogens is 1. The molecular formula is C17H26IN5O2. The standard InChI is InChI=1S/C17H25N5O2.HI/c1-3-18-17(19-8-4-10-22-11-5-9-21-22)20-13-14-6-7-16(24-2)15(23)12-14;/h5-7,9,11-12,23H,3-4,8,10,13H2,1-2H3,(H2,18,19,20);1H. The monoisotopic (exact) mass is 459 g/mol. The van der Waals surface area contributed by atoms with Crippen LogP contribution in [0, 0.1) is 0 Å². The van der Waals surface area contributed by atoms with Crippen molar-refractivity contribution < 1.29 is 9.84 Å². The van der Waals surface area contributed by atoms with Crippen molar-refractivity contribution in [2.45, 2.75) is 26.4 Å². The normalized spacial score (nSPS) is 10.9. The van der Waals surface area contributed by atoms with Crippen molar-refractivity contribution in [1.82, 2.24) is 20.4 Å². The van der Waals surface area contributed by atoms with Crippen molar-refractivity contribution in [3.63, 3.8) is 0 Å². The molecule has 0 saturated carbocycles. The van der Waals surface area contributed by atoms with Crippen LogP contribution in [-0.2, 0) is 13.1 Å². The molecule has 0 spiro atoms. The van der Waals surface area contributed by atoms with E-state index in [-0.39, 0.29) is 29.7 Å². The molecule has 2 aromatic rings. The first-order chi connectivity index (χ1) is 11.7. The first-order valence-corrected chi connectivity index (χ1v) is 8.08. The predicted molar refractivity (Wildman–Crippen MR) is 110 cm³/mol. The van der Waals surface area contributed by atoms with E-state index in [9.17, 15) is 5.11 Å². The molecule has 1 aromatic carbocycles. The minimum absolute atomic E-state index is 0. The average Bonchev–Trinajstić information content (AvgIpc) is 3.10. The summed E-state index contributed by atoms with van der Waals surface area (Å²) in [6, 6.07) is 7.22. The van der Waals surface area contributed by atoms with Crippen LogP contribution in [0.5, 0.6) is 11.5 Å². The summed E-state index contributed by atoms with van der Waals surface area (Å²) >= 11 is 0. The zero-order chi connectivity index (χ0) is 17.2. The van der Waals surface area contributed by atoms with Crippen molar-refractivity contribution in [1.29, 1.82) is 0 Å². The first kappa shape index (κ1) is 21.1. The minimum atomic E-state index is 0. The summed E-state index contributed by atoms with van der Waals surface area (Å²) in [5, 5.41) is 20.5. The van der Waals surface area contributed by atoms with E-state index in [0.717, 1.165) is 37.6 Å². The van der Waals surface area contributed by atoms with E-state index < -0.39 is 0 Å². The van der Waals surface area contributed by atoms with Crippen molar-refractivity contribution >= 4 is 29.9 Å². The molecule has 1 aromatic heterocycles. The molecule has 0 aliphatic heterocycles. The second-order valence-corrected chi connectivity index (χ2v) is 5.25. The fourth-order valence-electron chi connectivity index (χ4n) is 2.23. The molecule has 0 aliphatic rings. The smallest absolute Gasteiger partial charge is 0.191 e. The van der Waals surface area contributed by atoms with E-state index in [1.807, 2.05) is 29.9 Å². The Morgan fingerprint density at radius 2 is 2.20 bits per heavy atom. The highest BCUT2D eigenvalue weighted by Gasteiger charge is 2.03. The van der Waals surface area contributed by atoms with E-state index in [0.29, 0.717) is 12.3 Å². The van der Waals surface area contributed by atoms with E-state index in [4.69, 9.17) is 4.74 Å². The van der Waals surface area contributed by atoms with Crippen LogP contribution in [0.25, 0.3) is 0 Å². The van der Waals surface area contributed by atoms with E-state index in [1.165, 1.54) is 7.11 Å². The van der Waals surface area contributed by atoms with Gasteiger partial charge in [-0.05, 0) is 37.1 Å². The van der Waals surface area contributed by atoms with Crippen LogP contribution in [0.4, 0.5) is 0 Å². The fraction of sp³-hybridized carbons (Fsp3) is 0.412. The van der Waals surface area contributed by atoms with E-state index >= 15 is 0 Å². The van der Waals surface area contributed by atoms with Gasteiger partial charge in [0.05, 0.1) is 13.7 Å².